The smallest absolute Gasteiger partial charge is 0.335 e. The molecule has 1 saturated heterocycles. The molecule has 6 heteroatoms. The topological polar surface area (TPSA) is 66.8 Å². The van der Waals surface area contributed by atoms with Gasteiger partial charge in [0.1, 0.15) is 0 Å². The number of carboxylic acids is 1. The summed E-state index contributed by atoms with van der Waals surface area (Å²) >= 11 is 0. The van der Waals surface area contributed by atoms with Gasteiger partial charge in [-0.25, -0.2) is 9.18 Å². The van der Waals surface area contributed by atoms with Gasteiger partial charge in [0.15, 0.2) is 11.6 Å². The van der Waals surface area contributed by atoms with Gasteiger partial charge in [0.2, 0.25) is 0 Å². The summed E-state index contributed by atoms with van der Waals surface area (Å²) in [5, 5.41) is 9.09. The number of benzene rings is 2. The predicted molar refractivity (Wildman–Crippen MR) is 94.1 cm³/mol. The fourth-order valence-corrected chi connectivity index (χ4v) is 3.40. The Morgan fingerprint density at radius 3 is 2.77 bits per heavy atom. The van der Waals surface area contributed by atoms with Gasteiger partial charge in [0, 0.05) is 13.1 Å². The molecule has 0 aliphatic carbocycles. The fourth-order valence-electron chi connectivity index (χ4n) is 3.40. The maximum Gasteiger partial charge on any atom is 0.335 e. The third-order valence-corrected chi connectivity index (χ3v) is 4.67. The van der Waals surface area contributed by atoms with Crippen LogP contribution in [0.15, 0.2) is 42.5 Å². The quantitative estimate of drug-likeness (QED) is 0.892. The Hall–Kier alpha value is -2.89. The number of nitrogens with zero attached hydrogens (tertiary/aromatic N) is 1. The molecule has 0 saturated carbocycles. The number of carboxylic acid groups (broad SMARTS) is 1. The number of halogens is 1. The Balaban J connectivity index is 1.69. The average Bonchev–Trinajstić information content (AvgIpc) is 3.09. The van der Waals surface area contributed by atoms with Crippen molar-refractivity contribution in [1.82, 2.24) is 4.90 Å². The zero-order valence-electron chi connectivity index (χ0n) is 14.4. The van der Waals surface area contributed by atoms with Gasteiger partial charge in [0.25, 0.3) is 5.91 Å². The number of hydrogen-bond acceptors (Lipinski definition) is 3. The third kappa shape index (κ3) is 3.69. The SMILES string of the molecule is COc1c(F)cccc1C(=O)N1CC[C@H](Cc2cccc(C(=O)O)c2)C1. The van der Waals surface area contributed by atoms with E-state index in [2.05, 4.69) is 0 Å². The highest BCUT2D eigenvalue weighted by atomic mass is 19.1. The minimum absolute atomic E-state index is 0.0323. The first-order valence-corrected chi connectivity index (χ1v) is 8.43. The molecule has 1 atom stereocenters. The van der Waals surface area contributed by atoms with E-state index in [0.717, 1.165) is 12.0 Å². The molecular weight excluding hydrogens is 337 g/mol. The van der Waals surface area contributed by atoms with Crippen LogP contribution in [0.1, 0.15) is 32.7 Å². The first-order valence-electron chi connectivity index (χ1n) is 8.43. The maximum absolute atomic E-state index is 13.8. The largest absolute Gasteiger partial charge is 0.493 e. The van der Waals surface area contributed by atoms with Crippen LogP contribution < -0.4 is 4.74 Å². The molecule has 1 aliphatic rings. The number of aromatic carboxylic acids is 1. The second-order valence-corrected chi connectivity index (χ2v) is 6.44. The van der Waals surface area contributed by atoms with Crippen molar-refractivity contribution in [2.75, 3.05) is 20.2 Å². The zero-order chi connectivity index (χ0) is 18.7. The van der Waals surface area contributed by atoms with Gasteiger partial charge in [-0.05, 0) is 48.6 Å². The van der Waals surface area contributed by atoms with E-state index in [9.17, 15) is 14.0 Å². The van der Waals surface area contributed by atoms with E-state index in [-0.39, 0.29) is 28.7 Å². The second-order valence-electron chi connectivity index (χ2n) is 6.44. The summed E-state index contributed by atoms with van der Waals surface area (Å²) in [5.74, 6) is -1.55. The van der Waals surface area contributed by atoms with Crippen molar-refractivity contribution in [2.24, 2.45) is 5.92 Å². The third-order valence-electron chi connectivity index (χ3n) is 4.67. The lowest BCUT2D eigenvalue weighted by molar-refractivity contribution is 0.0696. The molecule has 0 radical (unpaired) electrons. The summed E-state index contributed by atoms with van der Waals surface area (Å²) in [6.45, 7) is 1.14. The molecule has 1 heterocycles. The highest BCUT2D eigenvalue weighted by molar-refractivity contribution is 5.97. The molecular formula is C20H20FNO4. The molecule has 0 spiro atoms. The Morgan fingerprint density at radius 2 is 2.04 bits per heavy atom. The van der Waals surface area contributed by atoms with E-state index in [4.69, 9.17) is 9.84 Å². The standard InChI is InChI=1S/C20H20FNO4/c1-26-18-16(6-3-7-17(18)21)19(23)22-9-8-14(12-22)10-13-4-2-5-15(11-13)20(24)25/h2-7,11,14H,8-10,12H2,1H3,(H,24,25)/t14-/m1/s1. The fraction of sp³-hybridized carbons (Fsp3) is 0.300. The Kier molecular flexibility index (Phi) is 5.21. The van der Waals surface area contributed by atoms with Gasteiger partial charge in [-0.2, -0.15) is 0 Å². The van der Waals surface area contributed by atoms with Gasteiger partial charge in [0.05, 0.1) is 18.2 Å². The summed E-state index contributed by atoms with van der Waals surface area (Å²) in [5.41, 5.74) is 1.42. The highest BCUT2D eigenvalue weighted by Gasteiger charge is 2.29. The van der Waals surface area contributed by atoms with E-state index in [1.54, 1.807) is 29.2 Å². The van der Waals surface area contributed by atoms with Crippen LogP contribution in [0.25, 0.3) is 0 Å². The van der Waals surface area contributed by atoms with Crippen LogP contribution in [0.5, 0.6) is 5.75 Å². The van der Waals surface area contributed by atoms with E-state index in [0.29, 0.717) is 19.5 Å². The van der Waals surface area contributed by atoms with Crippen molar-refractivity contribution >= 4 is 11.9 Å². The Morgan fingerprint density at radius 1 is 1.27 bits per heavy atom. The van der Waals surface area contributed by atoms with Gasteiger partial charge in [-0.15, -0.1) is 0 Å². The van der Waals surface area contributed by atoms with Crippen molar-refractivity contribution in [1.29, 1.82) is 0 Å². The molecule has 1 aliphatic heterocycles. The monoisotopic (exact) mass is 357 g/mol. The molecule has 1 fully saturated rings. The van der Waals surface area contributed by atoms with E-state index in [1.165, 1.54) is 19.2 Å². The first-order chi connectivity index (χ1) is 12.5. The lowest BCUT2D eigenvalue weighted by atomic mass is 9.97. The summed E-state index contributed by atoms with van der Waals surface area (Å²) < 4.78 is 18.9. The molecule has 26 heavy (non-hydrogen) atoms. The molecule has 3 rings (SSSR count). The number of carbonyl (C=O) groups excluding carboxylic acids is 1. The zero-order valence-corrected chi connectivity index (χ0v) is 14.4. The van der Waals surface area contributed by atoms with Crippen LogP contribution >= 0.6 is 0 Å². The van der Waals surface area contributed by atoms with Gasteiger partial charge >= 0.3 is 5.97 Å². The van der Waals surface area contributed by atoms with Crippen LogP contribution in [0.2, 0.25) is 0 Å². The number of likely N-dealkylation sites (tertiary alicyclic amines) is 1. The van der Waals surface area contributed by atoms with Crippen molar-refractivity contribution in [3.63, 3.8) is 0 Å². The Labute approximate surface area is 151 Å². The van der Waals surface area contributed by atoms with Crippen LogP contribution in [-0.4, -0.2) is 42.1 Å². The molecule has 2 aromatic rings. The minimum Gasteiger partial charge on any atom is -0.493 e. The molecule has 5 nitrogen and oxygen atoms in total. The van der Waals surface area contributed by atoms with E-state index in [1.807, 2.05) is 6.07 Å². The van der Waals surface area contributed by atoms with Gasteiger partial charge in [-0.3, -0.25) is 4.79 Å². The number of methoxy groups -OCH3 is 1. The van der Waals surface area contributed by atoms with Crippen LogP contribution in [0, 0.1) is 11.7 Å². The average molecular weight is 357 g/mol. The highest BCUT2D eigenvalue weighted by Crippen LogP contribution is 2.27. The van der Waals surface area contributed by atoms with Crippen LogP contribution in [0.3, 0.4) is 0 Å². The number of ether oxygens (including phenoxy) is 1. The Bertz CT molecular complexity index is 836. The molecule has 0 bridgehead atoms. The van der Waals surface area contributed by atoms with Crippen molar-refractivity contribution in [3.8, 4) is 5.75 Å². The van der Waals surface area contributed by atoms with E-state index < -0.39 is 11.8 Å². The molecule has 0 aromatic heterocycles. The number of amides is 1. The molecule has 1 N–H and O–H groups in total. The molecule has 0 unspecified atom stereocenters. The summed E-state index contributed by atoms with van der Waals surface area (Å²) in [4.78, 5) is 25.5. The van der Waals surface area contributed by atoms with Crippen LogP contribution in [-0.2, 0) is 6.42 Å². The molecule has 1 amide bonds. The van der Waals surface area contributed by atoms with Crippen LogP contribution in [0.4, 0.5) is 4.39 Å². The van der Waals surface area contributed by atoms with Crippen molar-refractivity contribution in [2.45, 2.75) is 12.8 Å². The number of hydrogen-bond donors (Lipinski definition) is 1. The van der Waals surface area contributed by atoms with Crippen molar-refractivity contribution < 1.29 is 23.8 Å². The predicted octanol–water partition coefficient (Wildman–Crippen LogP) is 3.24. The summed E-state index contributed by atoms with van der Waals surface area (Å²) in [6.07, 6.45) is 1.52. The van der Waals surface area contributed by atoms with Crippen molar-refractivity contribution in [3.05, 3.63) is 65.0 Å². The van der Waals surface area contributed by atoms with E-state index >= 15 is 0 Å². The van der Waals surface area contributed by atoms with Gasteiger partial charge < -0.3 is 14.7 Å². The number of para-hydroxylation sites is 1. The second kappa shape index (κ2) is 7.56. The minimum atomic E-state index is -0.951. The number of carbonyl (C=O) groups is 2. The van der Waals surface area contributed by atoms with Gasteiger partial charge in [-0.1, -0.05) is 18.2 Å². The normalized spacial score (nSPS) is 16.5. The molecule has 136 valence electrons. The maximum atomic E-state index is 13.8. The first kappa shape index (κ1) is 17.9. The lowest BCUT2D eigenvalue weighted by Gasteiger charge is -2.18. The number of rotatable bonds is 5. The lowest BCUT2D eigenvalue weighted by Crippen LogP contribution is -2.29. The summed E-state index contributed by atoms with van der Waals surface area (Å²) in [6, 6.07) is 11.2. The summed E-state index contributed by atoms with van der Waals surface area (Å²) in [7, 11) is 1.34. The molecule has 2 aromatic carbocycles.